The molecule has 94 valence electrons. The number of nitrogens with one attached hydrogen (secondary N) is 1. The average molecular weight is 244 g/mol. The Morgan fingerprint density at radius 3 is 2.72 bits per heavy atom. The van der Waals surface area contributed by atoms with Crippen molar-refractivity contribution in [1.82, 2.24) is 10.3 Å². The number of pyridine rings is 1. The van der Waals surface area contributed by atoms with Crippen LogP contribution in [0.4, 0.5) is 4.39 Å². The second-order valence-corrected chi connectivity index (χ2v) is 4.22. The van der Waals surface area contributed by atoms with Crippen LogP contribution in [0.25, 0.3) is 0 Å². The molecule has 1 aromatic carbocycles. The van der Waals surface area contributed by atoms with Gasteiger partial charge in [-0.25, -0.2) is 4.39 Å². The van der Waals surface area contributed by atoms with Crippen molar-refractivity contribution in [2.75, 3.05) is 0 Å². The van der Waals surface area contributed by atoms with E-state index in [1.807, 2.05) is 37.4 Å². The topological polar surface area (TPSA) is 24.9 Å². The Hall–Kier alpha value is -1.74. The summed E-state index contributed by atoms with van der Waals surface area (Å²) in [6.07, 6.45) is 4.42. The minimum atomic E-state index is -0.150. The molecule has 0 aliphatic heterocycles. The second-order valence-electron chi connectivity index (χ2n) is 4.22. The molecule has 1 atom stereocenters. The molecule has 3 heteroatoms. The molecule has 0 radical (unpaired) electrons. The lowest BCUT2D eigenvalue weighted by atomic mass is 10.0. The number of hydrogen-bond acceptors (Lipinski definition) is 2. The predicted molar refractivity (Wildman–Crippen MR) is 70.5 cm³/mol. The van der Waals surface area contributed by atoms with Crippen LogP contribution >= 0.6 is 0 Å². The third-order valence-corrected chi connectivity index (χ3v) is 2.96. The van der Waals surface area contributed by atoms with Gasteiger partial charge in [-0.1, -0.05) is 31.2 Å². The second kappa shape index (κ2) is 6.26. The van der Waals surface area contributed by atoms with Crippen LogP contribution < -0.4 is 5.32 Å². The van der Waals surface area contributed by atoms with Gasteiger partial charge in [-0.3, -0.25) is 4.98 Å². The van der Waals surface area contributed by atoms with E-state index in [0.29, 0.717) is 6.54 Å². The van der Waals surface area contributed by atoms with Crippen LogP contribution in [-0.4, -0.2) is 4.98 Å². The zero-order valence-corrected chi connectivity index (χ0v) is 10.4. The Labute approximate surface area is 107 Å². The van der Waals surface area contributed by atoms with Crippen molar-refractivity contribution in [3.8, 4) is 0 Å². The molecule has 1 aromatic heterocycles. The molecule has 0 spiro atoms. The molecule has 18 heavy (non-hydrogen) atoms. The van der Waals surface area contributed by atoms with Gasteiger partial charge in [0.1, 0.15) is 5.82 Å². The van der Waals surface area contributed by atoms with Crippen molar-refractivity contribution in [3.63, 3.8) is 0 Å². The molecule has 0 aliphatic rings. The molecular formula is C15H17FN2. The van der Waals surface area contributed by atoms with Crippen molar-refractivity contribution in [2.45, 2.75) is 25.9 Å². The summed E-state index contributed by atoms with van der Waals surface area (Å²) in [4.78, 5) is 4.06. The number of aromatic nitrogens is 1. The summed E-state index contributed by atoms with van der Waals surface area (Å²) >= 11 is 0. The summed E-state index contributed by atoms with van der Waals surface area (Å²) in [5, 5.41) is 3.36. The standard InChI is InChI=1S/C15H17FN2/c1-2-15(13-7-3-4-8-14(13)16)18-11-12-6-5-9-17-10-12/h3-10,15,18H,2,11H2,1H3. The fourth-order valence-corrected chi connectivity index (χ4v) is 1.98. The summed E-state index contributed by atoms with van der Waals surface area (Å²) in [5.74, 6) is -0.150. The minimum Gasteiger partial charge on any atom is -0.306 e. The van der Waals surface area contributed by atoms with E-state index in [4.69, 9.17) is 0 Å². The Morgan fingerprint density at radius 1 is 1.22 bits per heavy atom. The van der Waals surface area contributed by atoms with Crippen LogP contribution in [0, 0.1) is 5.82 Å². The van der Waals surface area contributed by atoms with Gasteiger partial charge in [0, 0.05) is 30.5 Å². The Balaban J connectivity index is 2.04. The number of nitrogens with zero attached hydrogens (tertiary/aromatic N) is 1. The van der Waals surface area contributed by atoms with Crippen molar-refractivity contribution in [3.05, 3.63) is 65.7 Å². The van der Waals surface area contributed by atoms with E-state index in [-0.39, 0.29) is 11.9 Å². The van der Waals surface area contributed by atoms with Gasteiger partial charge >= 0.3 is 0 Å². The highest BCUT2D eigenvalue weighted by molar-refractivity contribution is 5.21. The van der Waals surface area contributed by atoms with Gasteiger partial charge in [0.2, 0.25) is 0 Å². The molecule has 0 saturated carbocycles. The molecule has 0 fully saturated rings. The maximum absolute atomic E-state index is 13.7. The van der Waals surface area contributed by atoms with E-state index < -0.39 is 0 Å². The van der Waals surface area contributed by atoms with Crippen LogP contribution in [-0.2, 0) is 6.54 Å². The number of hydrogen-bond donors (Lipinski definition) is 1. The highest BCUT2D eigenvalue weighted by Crippen LogP contribution is 2.20. The molecule has 0 bridgehead atoms. The van der Waals surface area contributed by atoms with Gasteiger partial charge in [-0.05, 0) is 24.1 Å². The predicted octanol–water partition coefficient (Wildman–Crippen LogP) is 3.46. The molecule has 0 saturated heterocycles. The molecule has 1 unspecified atom stereocenters. The van der Waals surface area contributed by atoms with Crippen molar-refractivity contribution in [1.29, 1.82) is 0 Å². The molecule has 0 amide bonds. The first-order chi connectivity index (χ1) is 8.81. The third-order valence-electron chi connectivity index (χ3n) is 2.96. The van der Waals surface area contributed by atoms with Crippen molar-refractivity contribution in [2.24, 2.45) is 0 Å². The van der Waals surface area contributed by atoms with E-state index in [2.05, 4.69) is 10.3 Å². The zero-order chi connectivity index (χ0) is 12.8. The molecule has 1 N–H and O–H groups in total. The van der Waals surface area contributed by atoms with E-state index in [1.54, 1.807) is 12.3 Å². The molecule has 1 heterocycles. The first-order valence-corrected chi connectivity index (χ1v) is 6.18. The zero-order valence-electron chi connectivity index (χ0n) is 10.4. The highest BCUT2D eigenvalue weighted by atomic mass is 19.1. The number of rotatable bonds is 5. The van der Waals surface area contributed by atoms with Crippen molar-refractivity contribution >= 4 is 0 Å². The van der Waals surface area contributed by atoms with Gasteiger partial charge in [-0.2, -0.15) is 0 Å². The first-order valence-electron chi connectivity index (χ1n) is 6.18. The van der Waals surface area contributed by atoms with E-state index in [9.17, 15) is 4.39 Å². The number of halogens is 1. The largest absolute Gasteiger partial charge is 0.306 e. The Kier molecular flexibility index (Phi) is 4.42. The lowest BCUT2D eigenvalue weighted by molar-refractivity contribution is 0.487. The van der Waals surface area contributed by atoms with Gasteiger partial charge in [0.15, 0.2) is 0 Å². The normalized spacial score (nSPS) is 12.3. The van der Waals surface area contributed by atoms with E-state index in [1.165, 1.54) is 6.07 Å². The lowest BCUT2D eigenvalue weighted by Gasteiger charge is -2.18. The summed E-state index contributed by atoms with van der Waals surface area (Å²) in [5.41, 5.74) is 1.83. The molecule has 2 aromatic rings. The molecular weight excluding hydrogens is 227 g/mol. The summed E-state index contributed by atoms with van der Waals surface area (Å²) in [7, 11) is 0. The van der Waals surface area contributed by atoms with E-state index >= 15 is 0 Å². The fraction of sp³-hybridized carbons (Fsp3) is 0.267. The van der Waals surface area contributed by atoms with Crippen LogP contribution in [0.5, 0.6) is 0 Å². The Bertz CT molecular complexity index is 485. The molecule has 0 aliphatic carbocycles. The molecule has 2 nitrogen and oxygen atoms in total. The monoisotopic (exact) mass is 244 g/mol. The van der Waals surface area contributed by atoms with Crippen molar-refractivity contribution < 1.29 is 4.39 Å². The first kappa shape index (κ1) is 12.7. The highest BCUT2D eigenvalue weighted by Gasteiger charge is 2.12. The summed E-state index contributed by atoms with van der Waals surface area (Å²) in [6, 6.07) is 10.9. The van der Waals surface area contributed by atoms with E-state index in [0.717, 1.165) is 17.5 Å². The van der Waals surface area contributed by atoms with Gasteiger partial charge in [0.05, 0.1) is 0 Å². The third kappa shape index (κ3) is 3.14. The smallest absolute Gasteiger partial charge is 0.127 e. The number of benzene rings is 1. The minimum absolute atomic E-state index is 0.0337. The van der Waals surface area contributed by atoms with Crippen LogP contribution in [0.15, 0.2) is 48.8 Å². The maximum atomic E-state index is 13.7. The van der Waals surface area contributed by atoms with Gasteiger partial charge in [-0.15, -0.1) is 0 Å². The summed E-state index contributed by atoms with van der Waals surface area (Å²) in [6.45, 7) is 2.74. The van der Waals surface area contributed by atoms with Crippen LogP contribution in [0.3, 0.4) is 0 Å². The Morgan fingerprint density at radius 2 is 2.06 bits per heavy atom. The fourth-order valence-electron chi connectivity index (χ4n) is 1.98. The summed E-state index contributed by atoms with van der Waals surface area (Å²) < 4.78 is 13.7. The lowest BCUT2D eigenvalue weighted by Crippen LogP contribution is -2.21. The average Bonchev–Trinajstić information content (AvgIpc) is 2.42. The molecule has 2 rings (SSSR count). The van der Waals surface area contributed by atoms with Crippen LogP contribution in [0.1, 0.15) is 30.5 Å². The SMILES string of the molecule is CCC(NCc1cccnc1)c1ccccc1F. The quantitative estimate of drug-likeness (QED) is 0.871. The van der Waals surface area contributed by atoms with Gasteiger partial charge in [0.25, 0.3) is 0 Å². The maximum Gasteiger partial charge on any atom is 0.127 e. The van der Waals surface area contributed by atoms with Gasteiger partial charge < -0.3 is 5.32 Å². The van der Waals surface area contributed by atoms with Crippen LogP contribution in [0.2, 0.25) is 0 Å².